The van der Waals surface area contributed by atoms with Gasteiger partial charge in [-0.05, 0) is 37.8 Å². The minimum Gasteiger partial charge on any atom is -0.342 e. The van der Waals surface area contributed by atoms with Crippen LogP contribution in [0.15, 0.2) is 0 Å². The zero-order valence-corrected chi connectivity index (χ0v) is 11.4. The summed E-state index contributed by atoms with van der Waals surface area (Å²) in [7, 11) is 1.78. The molecule has 2 aliphatic heterocycles. The summed E-state index contributed by atoms with van der Waals surface area (Å²) < 4.78 is 0. The number of amides is 3. The molecule has 2 saturated heterocycles. The van der Waals surface area contributed by atoms with Gasteiger partial charge in [-0.2, -0.15) is 0 Å². The van der Waals surface area contributed by atoms with E-state index in [1.54, 1.807) is 16.8 Å². The van der Waals surface area contributed by atoms with Crippen LogP contribution >= 0.6 is 0 Å². The normalized spacial score (nSPS) is 29.5. The first-order chi connectivity index (χ1) is 9.11. The lowest BCUT2D eigenvalue weighted by atomic mass is 9.94. The largest absolute Gasteiger partial charge is 0.342 e. The first kappa shape index (κ1) is 12.7. The van der Waals surface area contributed by atoms with Gasteiger partial charge in [0.1, 0.15) is 6.54 Å². The van der Waals surface area contributed by atoms with Gasteiger partial charge in [0, 0.05) is 26.2 Å². The molecule has 0 radical (unpaired) electrons. The van der Waals surface area contributed by atoms with E-state index >= 15 is 0 Å². The Labute approximate surface area is 113 Å². The van der Waals surface area contributed by atoms with Gasteiger partial charge in [0.05, 0.1) is 0 Å². The van der Waals surface area contributed by atoms with Crippen LogP contribution in [0.5, 0.6) is 0 Å². The summed E-state index contributed by atoms with van der Waals surface area (Å²) in [5.41, 5.74) is 0.345. The molecule has 1 aliphatic carbocycles. The molecule has 1 atom stereocenters. The van der Waals surface area contributed by atoms with Crippen molar-refractivity contribution < 1.29 is 9.59 Å². The summed E-state index contributed by atoms with van der Waals surface area (Å²) in [4.78, 5) is 27.1. The summed E-state index contributed by atoms with van der Waals surface area (Å²) in [6, 6.07) is 0.249. The molecule has 0 aromatic rings. The van der Waals surface area contributed by atoms with E-state index in [0.717, 1.165) is 32.4 Å². The fraction of sp³-hybridized carbons (Fsp3) is 0.846. The van der Waals surface area contributed by atoms with Gasteiger partial charge < -0.3 is 20.4 Å². The average Bonchev–Trinajstić information content (AvgIpc) is 3.05. The Morgan fingerprint density at radius 1 is 1.37 bits per heavy atom. The maximum absolute atomic E-state index is 12.2. The summed E-state index contributed by atoms with van der Waals surface area (Å²) >= 11 is 0. The van der Waals surface area contributed by atoms with Crippen molar-refractivity contribution in [1.82, 2.24) is 20.4 Å². The van der Waals surface area contributed by atoms with Crippen LogP contribution in [0.3, 0.4) is 0 Å². The number of nitrogens with zero attached hydrogens (tertiary/aromatic N) is 2. The molecule has 6 nitrogen and oxygen atoms in total. The molecule has 1 unspecified atom stereocenters. The van der Waals surface area contributed by atoms with Crippen molar-refractivity contribution >= 4 is 11.9 Å². The minimum absolute atomic E-state index is 0.0220. The van der Waals surface area contributed by atoms with Crippen molar-refractivity contribution in [1.29, 1.82) is 0 Å². The summed E-state index contributed by atoms with van der Waals surface area (Å²) in [6.45, 7) is 3.59. The Kier molecular flexibility index (Phi) is 3.12. The second kappa shape index (κ2) is 4.67. The van der Waals surface area contributed by atoms with Crippen molar-refractivity contribution in [2.75, 3.05) is 39.8 Å². The van der Waals surface area contributed by atoms with Crippen molar-refractivity contribution in [3.8, 4) is 0 Å². The number of piperazine rings is 1. The fourth-order valence-corrected chi connectivity index (χ4v) is 3.20. The van der Waals surface area contributed by atoms with Gasteiger partial charge in [0.15, 0.2) is 0 Å². The highest BCUT2D eigenvalue weighted by atomic mass is 16.2. The van der Waals surface area contributed by atoms with Crippen LogP contribution in [-0.4, -0.2) is 67.6 Å². The molecule has 0 aromatic heterocycles. The summed E-state index contributed by atoms with van der Waals surface area (Å²) in [6.07, 6.45) is 3.40. The highest BCUT2D eigenvalue weighted by Gasteiger charge is 2.54. The Balaban J connectivity index is 1.51. The van der Waals surface area contributed by atoms with E-state index in [4.69, 9.17) is 0 Å². The average molecular weight is 266 g/mol. The van der Waals surface area contributed by atoms with Gasteiger partial charge in [-0.1, -0.05) is 0 Å². The molecule has 3 fully saturated rings. The zero-order valence-electron chi connectivity index (χ0n) is 11.4. The molecule has 2 N–H and O–H groups in total. The lowest BCUT2D eigenvalue weighted by molar-refractivity contribution is -0.133. The lowest BCUT2D eigenvalue weighted by Gasteiger charge is -2.32. The molecule has 3 rings (SSSR count). The third-order valence-corrected chi connectivity index (χ3v) is 4.83. The van der Waals surface area contributed by atoms with E-state index in [9.17, 15) is 9.59 Å². The number of piperidine rings is 1. The molecule has 0 bridgehead atoms. The van der Waals surface area contributed by atoms with Gasteiger partial charge in [0.25, 0.3) is 0 Å². The van der Waals surface area contributed by atoms with Crippen LogP contribution in [0.1, 0.15) is 19.3 Å². The SMILES string of the molecule is CN1CCN(C(=O)NC2CC23CCNCC3)CC1=O. The van der Waals surface area contributed by atoms with E-state index < -0.39 is 0 Å². The standard InChI is InChI=1S/C13H22N4O2/c1-16-6-7-17(9-11(16)18)12(19)15-10-8-13(10)2-4-14-5-3-13/h10,14H,2-9H2,1H3,(H,15,19). The number of hydrogen-bond donors (Lipinski definition) is 2. The Bertz CT molecular complexity index is 392. The molecule has 6 heteroatoms. The second-order valence-electron chi connectivity index (χ2n) is 6.06. The van der Waals surface area contributed by atoms with Crippen LogP contribution in [0, 0.1) is 5.41 Å². The molecule has 3 amide bonds. The van der Waals surface area contributed by atoms with Gasteiger partial charge >= 0.3 is 6.03 Å². The third kappa shape index (κ3) is 2.41. The predicted molar refractivity (Wildman–Crippen MR) is 70.7 cm³/mol. The van der Waals surface area contributed by atoms with Gasteiger partial charge in [-0.3, -0.25) is 4.79 Å². The van der Waals surface area contributed by atoms with E-state index in [-0.39, 0.29) is 18.5 Å². The summed E-state index contributed by atoms with van der Waals surface area (Å²) in [5.74, 6) is 0.0220. The Morgan fingerprint density at radius 2 is 2.11 bits per heavy atom. The highest BCUT2D eigenvalue weighted by Crippen LogP contribution is 2.52. The first-order valence-electron chi connectivity index (χ1n) is 7.11. The maximum atomic E-state index is 12.2. The first-order valence-corrected chi connectivity index (χ1v) is 7.11. The number of nitrogens with one attached hydrogen (secondary N) is 2. The van der Waals surface area contributed by atoms with Crippen molar-refractivity contribution in [3.63, 3.8) is 0 Å². The molecule has 19 heavy (non-hydrogen) atoms. The quantitative estimate of drug-likeness (QED) is 0.679. The maximum Gasteiger partial charge on any atom is 0.318 e. The zero-order chi connectivity index (χ0) is 13.5. The van der Waals surface area contributed by atoms with Crippen LogP contribution in [0.2, 0.25) is 0 Å². The van der Waals surface area contributed by atoms with E-state index in [0.29, 0.717) is 24.5 Å². The van der Waals surface area contributed by atoms with E-state index in [1.807, 2.05) is 0 Å². The van der Waals surface area contributed by atoms with Gasteiger partial charge in [-0.15, -0.1) is 0 Å². The van der Waals surface area contributed by atoms with Crippen molar-refractivity contribution in [3.05, 3.63) is 0 Å². The number of carbonyl (C=O) groups is 2. The molecule has 0 aromatic carbocycles. The number of carbonyl (C=O) groups excluding carboxylic acids is 2. The topological polar surface area (TPSA) is 64.7 Å². The van der Waals surface area contributed by atoms with E-state index in [2.05, 4.69) is 10.6 Å². The number of hydrogen-bond acceptors (Lipinski definition) is 3. The Morgan fingerprint density at radius 3 is 2.79 bits per heavy atom. The van der Waals surface area contributed by atoms with Crippen LogP contribution in [0.25, 0.3) is 0 Å². The number of urea groups is 1. The van der Waals surface area contributed by atoms with Crippen LogP contribution < -0.4 is 10.6 Å². The number of rotatable bonds is 1. The molecule has 1 spiro atoms. The molecule has 3 aliphatic rings. The Hall–Kier alpha value is -1.30. The predicted octanol–water partition coefficient (Wildman–Crippen LogP) is -0.388. The molecule has 106 valence electrons. The smallest absolute Gasteiger partial charge is 0.318 e. The van der Waals surface area contributed by atoms with Gasteiger partial charge in [0.2, 0.25) is 5.91 Å². The van der Waals surface area contributed by atoms with Crippen LogP contribution in [0.4, 0.5) is 4.79 Å². The molecule has 1 saturated carbocycles. The molecule has 2 heterocycles. The lowest BCUT2D eigenvalue weighted by Crippen LogP contribution is -2.54. The van der Waals surface area contributed by atoms with Crippen molar-refractivity contribution in [2.24, 2.45) is 5.41 Å². The minimum atomic E-state index is -0.0677. The van der Waals surface area contributed by atoms with E-state index in [1.165, 1.54) is 0 Å². The highest BCUT2D eigenvalue weighted by molar-refractivity contribution is 5.85. The monoisotopic (exact) mass is 266 g/mol. The van der Waals surface area contributed by atoms with Gasteiger partial charge in [-0.25, -0.2) is 4.79 Å². The molecular formula is C13H22N4O2. The fourth-order valence-electron chi connectivity index (χ4n) is 3.20. The second-order valence-corrected chi connectivity index (χ2v) is 6.06. The van der Waals surface area contributed by atoms with Crippen LogP contribution in [-0.2, 0) is 4.79 Å². The third-order valence-electron chi connectivity index (χ3n) is 4.83. The number of likely N-dealkylation sites (N-methyl/N-ethyl adjacent to an activating group) is 1. The van der Waals surface area contributed by atoms with Crippen molar-refractivity contribution in [2.45, 2.75) is 25.3 Å². The summed E-state index contributed by atoms with van der Waals surface area (Å²) in [5, 5.41) is 6.46. The molecular weight excluding hydrogens is 244 g/mol.